The van der Waals surface area contributed by atoms with Crippen molar-refractivity contribution in [2.45, 2.75) is 18.9 Å². The number of fused-ring (bicyclic) bond motifs is 1. The number of anilines is 1. The van der Waals surface area contributed by atoms with E-state index in [1.807, 2.05) is 12.1 Å². The van der Waals surface area contributed by atoms with E-state index < -0.39 is 0 Å². The summed E-state index contributed by atoms with van der Waals surface area (Å²) >= 11 is 0. The topological polar surface area (TPSA) is 59.8 Å². The number of benzene rings is 1. The maximum absolute atomic E-state index is 5.59. The number of rotatable bonds is 4. The average molecular weight is 263 g/mol. The van der Waals surface area contributed by atoms with Gasteiger partial charge in [-0.3, -0.25) is 0 Å². The number of hydrogen-bond acceptors (Lipinski definition) is 5. The molecule has 2 heterocycles. The van der Waals surface area contributed by atoms with Gasteiger partial charge in [0.15, 0.2) is 11.5 Å². The molecule has 5 heteroatoms. The minimum atomic E-state index is 0.330. The Morgan fingerprint density at radius 2 is 2.00 bits per heavy atom. The predicted octanol–water partition coefficient (Wildman–Crippen LogP) is 1.25. The van der Waals surface area contributed by atoms with E-state index in [1.54, 1.807) is 0 Å². The van der Waals surface area contributed by atoms with E-state index in [9.17, 15) is 0 Å². The zero-order valence-corrected chi connectivity index (χ0v) is 11.1. The van der Waals surface area contributed by atoms with E-state index >= 15 is 0 Å². The Hall–Kier alpha value is -1.46. The van der Waals surface area contributed by atoms with Gasteiger partial charge in [0.25, 0.3) is 0 Å². The highest BCUT2D eigenvalue weighted by atomic mass is 16.7. The third-order valence-electron chi connectivity index (χ3n) is 3.78. The van der Waals surface area contributed by atoms with Crippen molar-refractivity contribution in [2.75, 3.05) is 38.3 Å². The summed E-state index contributed by atoms with van der Waals surface area (Å²) in [6.45, 7) is 4.34. The molecule has 0 atom stereocenters. The largest absolute Gasteiger partial charge is 0.454 e. The lowest BCUT2D eigenvalue weighted by Crippen LogP contribution is -2.41. The molecule has 0 spiro atoms. The summed E-state index contributed by atoms with van der Waals surface area (Å²) in [6, 6.07) is 6.58. The van der Waals surface area contributed by atoms with E-state index in [0.717, 1.165) is 56.2 Å². The third-order valence-corrected chi connectivity index (χ3v) is 3.78. The highest BCUT2D eigenvalue weighted by Gasteiger charge is 2.19. The lowest BCUT2D eigenvalue weighted by atomic mass is 10.0. The number of hydrogen-bond donors (Lipinski definition) is 2. The van der Waals surface area contributed by atoms with Crippen LogP contribution in [0.15, 0.2) is 18.2 Å². The first-order valence-electron chi connectivity index (χ1n) is 6.94. The van der Waals surface area contributed by atoms with E-state index in [2.05, 4.69) is 16.3 Å². The number of likely N-dealkylation sites (tertiary alicyclic amines) is 1. The zero-order chi connectivity index (χ0) is 13.1. The number of nitrogens with two attached hydrogens (primary N) is 1. The normalized spacial score (nSPS) is 19.6. The average Bonchev–Trinajstić information content (AvgIpc) is 2.89. The third kappa shape index (κ3) is 2.93. The minimum Gasteiger partial charge on any atom is -0.454 e. The second-order valence-corrected chi connectivity index (χ2v) is 5.12. The van der Waals surface area contributed by atoms with Gasteiger partial charge in [0.05, 0.1) is 0 Å². The second kappa shape index (κ2) is 5.67. The molecule has 1 aromatic carbocycles. The monoisotopic (exact) mass is 263 g/mol. The van der Waals surface area contributed by atoms with Crippen LogP contribution in [0.2, 0.25) is 0 Å². The van der Waals surface area contributed by atoms with Gasteiger partial charge < -0.3 is 25.4 Å². The molecule has 0 saturated carbocycles. The molecule has 3 N–H and O–H groups in total. The quantitative estimate of drug-likeness (QED) is 0.856. The van der Waals surface area contributed by atoms with E-state index in [1.165, 1.54) is 0 Å². The number of nitrogens with zero attached hydrogens (tertiary/aromatic N) is 1. The number of nitrogens with one attached hydrogen (secondary N) is 1. The van der Waals surface area contributed by atoms with E-state index in [4.69, 9.17) is 15.2 Å². The minimum absolute atomic E-state index is 0.330. The van der Waals surface area contributed by atoms with Crippen LogP contribution in [0.4, 0.5) is 5.69 Å². The molecule has 1 fully saturated rings. The van der Waals surface area contributed by atoms with E-state index in [0.29, 0.717) is 12.8 Å². The van der Waals surface area contributed by atoms with E-state index in [-0.39, 0.29) is 0 Å². The summed E-state index contributed by atoms with van der Waals surface area (Å²) in [7, 11) is 0. The van der Waals surface area contributed by atoms with Crippen LogP contribution in [-0.2, 0) is 0 Å². The first-order valence-corrected chi connectivity index (χ1v) is 6.94. The molecular weight excluding hydrogens is 242 g/mol. The van der Waals surface area contributed by atoms with Gasteiger partial charge in [-0.05, 0) is 25.0 Å². The van der Waals surface area contributed by atoms with Crippen LogP contribution in [0.3, 0.4) is 0 Å². The van der Waals surface area contributed by atoms with Crippen molar-refractivity contribution in [1.82, 2.24) is 4.90 Å². The fraction of sp³-hybridized carbons (Fsp3) is 0.571. The van der Waals surface area contributed by atoms with Crippen LogP contribution >= 0.6 is 0 Å². The van der Waals surface area contributed by atoms with Gasteiger partial charge in [0.1, 0.15) is 0 Å². The molecule has 3 rings (SSSR count). The molecule has 5 nitrogen and oxygen atoms in total. The molecule has 104 valence electrons. The van der Waals surface area contributed by atoms with Crippen LogP contribution in [0.25, 0.3) is 0 Å². The van der Waals surface area contributed by atoms with Crippen LogP contribution in [0.5, 0.6) is 11.5 Å². The Morgan fingerprint density at radius 1 is 1.21 bits per heavy atom. The van der Waals surface area contributed by atoms with Crippen LogP contribution < -0.4 is 20.5 Å². The predicted molar refractivity (Wildman–Crippen MR) is 74.7 cm³/mol. The Bertz CT molecular complexity index is 431. The SMILES string of the molecule is NCCN1CCC(Nc2ccc3c(c2)OCO3)CC1. The summed E-state index contributed by atoms with van der Waals surface area (Å²) in [5.74, 6) is 1.67. The molecule has 0 unspecified atom stereocenters. The molecule has 0 radical (unpaired) electrons. The van der Waals surface area contributed by atoms with Gasteiger partial charge in [-0.1, -0.05) is 0 Å². The molecule has 0 amide bonds. The highest BCUT2D eigenvalue weighted by molar-refractivity contribution is 5.56. The smallest absolute Gasteiger partial charge is 0.231 e. The molecule has 0 aromatic heterocycles. The summed E-state index contributed by atoms with van der Waals surface area (Å²) in [5.41, 5.74) is 6.70. The molecule has 2 aliphatic rings. The van der Waals surface area contributed by atoms with Crippen LogP contribution in [-0.4, -0.2) is 43.9 Å². The summed E-state index contributed by atoms with van der Waals surface area (Å²) in [5, 5.41) is 3.58. The van der Waals surface area contributed by atoms with Crippen molar-refractivity contribution in [3.05, 3.63) is 18.2 Å². The highest BCUT2D eigenvalue weighted by Crippen LogP contribution is 2.34. The van der Waals surface area contributed by atoms with Crippen LogP contribution in [0, 0.1) is 0 Å². The Kier molecular flexibility index (Phi) is 3.75. The van der Waals surface area contributed by atoms with Crippen molar-refractivity contribution >= 4 is 5.69 Å². The summed E-state index contributed by atoms with van der Waals surface area (Å²) < 4.78 is 10.7. The molecule has 0 aliphatic carbocycles. The fourth-order valence-electron chi connectivity index (χ4n) is 2.71. The second-order valence-electron chi connectivity index (χ2n) is 5.12. The molecule has 1 saturated heterocycles. The Balaban J connectivity index is 1.55. The van der Waals surface area contributed by atoms with Crippen molar-refractivity contribution in [3.63, 3.8) is 0 Å². The lowest BCUT2D eigenvalue weighted by Gasteiger charge is -2.32. The maximum atomic E-state index is 5.59. The van der Waals surface area contributed by atoms with Gasteiger partial charge in [-0.2, -0.15) is 0 Å². The Morgan fingerprint density at radius 3 is 2.79 bits per heavy atom. The molecule has 19 heavy (non-hydrogen) atoms. The van der Waals surface area contributed by atoms with Crippen molar-refractivity contribution in [1.29, 1.82) is 0 Å². The van der Waals surface area contributed by atoms with Gasteiger partial charge in [0.2, 0.25) is 6.79 Å². The molecular formula is C14H21N3O2. The molecule has 0 bridgehead atoms. The summed E-state index contributed by atoms with van der Waals surface area (Å²) in [4.78, 5) is 2.43. The van der Waals surface area contributed by atoms with Crippen LogP contribution in [0.1, 0.15) is 12.8 Å². The number of piperidine rings is 1. The Labute approximate surface area is 113 Å². The van der Waals surface area contributed by atoms with Crippen molar-refractivity contribution < 1.29 is 9.47 Å². The maximum Gasteiger partial charge on any atom is 0.231 e. The first kappa shape index (κ1) is 12.6. The number of ether oxygens (including phenoxy) is 2. The standard InChI is InChI=1S/C14H21N3O2/c15-5-8-17-6-3-11(4-7-17)16-12-1-2-13-14(9-12)19-10-18-13/h1-2,9,11,16H,3-8,10,15H2. The first-order chi connectivity index (χ1) is 9.35. The van der Waals surface area contributed by atoms with Crippen molar-refractivity contribution in [2.24, 2.45) is 5.73 Å². The molecule has 1 aromatic rings. The fourth-order valence-corrected chi connectivity index (χ4v) is 2.71. The zero-order valence-electron chi connectivity index (χ0n) is 11.1. The van der Waals surface area contributed by atoms with Gasteiger partial charge >= 0.3 is 0 Å². The van der Waals surface area contributed by atoms with Crippen molar-refractivity contribution in [3.8, 4) is 11.5 Å². The van der Waals surface area contributed by atoms with Gasteiger partial charge in [-0.15, -0.1) is 0 Å². The summed E-state index contributed by atoms with van der Waals surface area (Å²) in [6.07, 6.45) is 2.32. The lowest BCUT2D eigenvalue weighted by molar-refractivity contribution is 0.174. The van der Waals surface area contributed by atoms with Gasteiger partial charge in [0, 0.05) is 44.0 Å². The van der Waals surface area contributed by atoms with Gasteiger partial charge in [-0.25, -0.2) is 0 Å². The molecule has 2 aliphatic heterocycles.